The molecular weight excluding hydrogens is 232 g/mol. The highest BCUT2D eigenvalue weighted by molar-refractivity contribution is 5.52. The molecule has 2 nitrogen and oxygen atoms in total. The van der Waals surface area contributed by atoms with Crippen molar-refractivity contribution in [3.63, 3.8) is 0 Å². The van der Waals surface area contributed by atoms with Gasteiger partial charge in [-0.3, -0.25) is 0 Å². The third kappa shape index (κ3) is 3.30. The molecule has 1 aromatic carbocycles. The minimum absolute atomic E-state index is 0.0489. The van der Waals surface area contributed by atoms with E-state index < -0.39 is 0 Å². The average molecular weight is 260 g/mol. The van der Waals surface area contributed by atoms with E-state index in [2.05, 4.69) is 57.3 Å². The summed E-state index contributed by atoms with van der Waals surface area (Å²) >= 11 is 0. The molecule has 2 heteroatoms. The van der Waals surface area contributed by atoms with Crippen molar-refractivity contribution in [2.24, 2.45) is 17.1 Å². The van der Waals surface area contributed by atoms with Crippen molar-refractivity contribution >= 4 is 5.69 Å². The molecule has 2 atom stereocenters. The van der Waals surface area contributed by atoms with Gasteiger partial charge in [-0.1, -0.05) is 39.0 Å². The third-order valence-corrected chi connectivity index (χ3v) is 4.39. The molecule has 3 N–H and O–H groups in total. The lowest BCUT2D eigenvalue weighted by Crippen LogP contribution is -2.53. The fraction of sp³-hybridized carbons (Fsp3) is 0.647. The van der Waals surface area contributed by atoms with Gasteiger partial charge >= 0.3 is 0 Å². The molecule has 0 saturated heterocycles. The maximum Gasteiger partial charge on any atom is 0.0503 e. The summed E-state index contributed by atoms with van der Waals surface area (Å²) in [5.74, 6) is 0.726. The Hall–Kier alpha value is -1.02. The van der Waals surface area contributed by atoms with Crippen LogP contribution >= 0.6 is 0 Å². The molecule has 2 unspecified atom stereocenters. The fourth-order valence-corrected chi connectivity index (χ4v) is 4.04. The standard InChI is InChI=1S/C17H28N2/c1-13-9-16(3,4)11-17(10-13,12-18)19-15-8-6-5-7-14(15)2/h5-8,13,19H,9-12,18H2,1-4H3. The largest absolute Gasteiger partial charge is 0.378 e. The minimum Gasteiger partial charge on any atom is -0.378 e. The zero-order valence-electron chi connectivity index (χ0n) is 12.8. The normalized spacial score (nSPS) is 30.1. The summed E-state index contributed by atoms with van der Waals surface area (Å²) < 4.78 is 0. The van der Waals surface area contributed by atoms with Crippen LogP contribution in [0.25, 0.3) is 0 Å². The number of nitrogens with two attached hydrogens (primary N) is 1. The van der Waals surface area contributed by atoms with Gasteiger partial charge in [0, 0.05) is 12.2 Å². The van der Waals surface area contributed by atoms with Gasteiger partial charge in [0.05, 0.1) is 5.54 Å². The molecule has 0 amide bonds. The van der Waals surface area contributed by atoms with E-state index in [9.17, 15) is 0 Å². The van der Waals surface area contributed by atoms with Crippen LogP contribution in [0.3, 0.4) is 0 Å². The summed E-state index contributed by atoms with van der Waals surface area (Å²) in [6.07, 6.45) is 3.61. The number of para-hydroxylation sites is 1. The van der Waals surface area contributed by atoms with Crippen molar-refractivity contribution in [3.05, 3.63) is 29.8 Å². The van der Waals surface area contributed by atoms with Gasteiger partial charge in [-0.05, 0) is 49.1 Å². The maximum absolute atomic E-state index is 6.16. The zero-order chi connectivity index (χ0) is 14.1. The Morgan fingerprint density at radius 2 is 1.95 bits per heavy atom. The van der Waals surface area contributed by atoms with Crippen LogP contribution in [0.1, 0.15) is 45.6 Å². The molecule has 0 heterocycles. The van der Waals surface area contributed by atoms with Gasteiger partial charge in [0.1, 0.15) is 0 Å². The van der Waals surface area contributed by atoms with E-state index in [4.69, 9.17) is 5.73 Å². The van der Waals surface area contributed by atoms with E-state index >= 15 is 0 Å². The molecule has 0 radical (unpaired) electrons. The second-order valence-corrected chi connectivity index (χ2v) is 7.28. The monoisotopic (exact) mass is 260 g/mol. The van der Waals surface area contributed by atoms with Crippen LogP contribution in [0.15, 0.2) is 24.3 Å². The lowest BCUT2D eigenvalue weighted by molar-refractivity contribution is 0.125. The first-order chi connectivity index (χ1) is 8.86. The second-order valence-electron chi connectivity index (χ2n) is 7.28. The summed E-state index contributed by atoms with van der Waals surface area (Å²) in [4.78, 5) is 0. The SMILES string of the molecule is Cc1ccccc1NC1(CN)CC(C)CC(C)(C)C1. The van der Waals surface area contributed by atoms with Crippen molar-refractivity contribution in [1.82, 2.24) is 0 Å². The fourth-order valence-electron chi connectivity index (χ4n) is 4.04. The highest BCUT2D eigenvalue weighted by Gasteiger charge is 2.42. The molecule has 1 saturated carbocycles. The van der Waals surface area contributed by atoms with E-state index in [0.29, 0.717) is 12.0 Å². The van der Waals surface area contributed by atoms with Gasteiger partial charge in [-0.25, -0.2) is 0 Å². The van der Waals surface area contributed by atoms with Crippen molar-refractivity contribution in [1.29, 1.82) is 0 Å². The third-order valence-electron chi connectivity index (χ3n) is 4.39. The summed E-state index contributed by atoms with van der Waals surface area (Å²) in [6, 6.07) is 8.50. The van der Waals surface area contributed by atoms with Crippen LogP contribution in [0.4, 0.5) is 5.69 Å². The van der Waals surface area contributed by atoms with Gasteiger partial charge in [-0.2, -0.15) is 0 Å². The van der Waals surface area contributed by atoms with Gasteiger partial charge in [0.25, 0.3) is 0 Å². The first kappa shape index (κ1) is 14.4. The molecule has 19 heavy (non-hydrogen) atoms. The number of anilines is 1. The molecule has 1 aliphatic carbocycles. The number of aryl methyl sites for hydroxylation is 1. The van der Waals surface area contributed by atoms with Crippen molar-refractivity contribution in [2.45, 2.75) is 52.5 Å². The quantitative estimate of drug-likeness (QED) is 0.863. The number of rotatable bonds is 3. The van der Waals surface area contributed by atoms with Crippen LogP contribution in [-0.2, 0) is 0 Å². The summed E-state index contributed by atoms with van der Waals surface area (Å²) in [5.41, 5.74) is 9.11. The molecule has 1 aliphatic rings. The molecule has 1 fully saturated rings. The first-order valence-corrected chi connectivity index (χ1v) is 7.40. The Kier molecular flexibility index (Phi) is 3.91. The number of hydrogen-bond acceptors (Lipinski definition) is 2. The smallest absolute Gasteiger partial charge is 0.0503 e. The van der Waals surface area contributed by atoms with E-state index in [1.165, 1.54) is 24.1 Å². The molecule has 0 aliphatic heterocycles. The summed E-state index contributed by atoms with van der Waals surface area (Å²) in [7, 11) is 0. The number of benzene rings is 1. The highest BCUT2D eigenvalue weighted by Crippen LogP contribution is 2.45. The van der Waals surface area contributed by atoms with E-state index in [1.807, 2.05) is 0 Å². The highest BCUT2D eigenvalue weighted by atomic mass is 15.0. The Labute approximate surface area is 117 Å². The van der Waals surface area contributed by atoms with E-state index in [-0.39, 0.29) is 5.54 Å². The Morgan fingerprint density at radius 3 is 2.53 bits per heavy atom. The van der Waals surface area contributed by atoms with Crippen LogP contribution < -0.4 is 11.1 Å². The van der Waals surface area contributed by atoms with Crippen LogP contribution in [-0.4, -0.2) is 12.1 Å². The lowest BCUT2D eigenvalue weighted by Gasteiger charge is -2.48. The molecule has 0 bridgehead atoms. The summed E-state index contributed by atoms with van der Waals surface area (Å²) in [6.45, 7) is 9.95. The summed E-state index contributed by atoms with van der Waals surface area (Å²) in [5, 5.41) is 3.77. The van der Waals surface area contributed by atoms with Crippen LogP contribution in [0, 0.1) is 18.3 Å². The minimum atomic E-state index is 0.0489. The average Bonchev–Trinajstić information content (AvgIpc) is 2.29. The van der Waals surface area contributed by atoms with Crippen molar-refractivity contribution in [2.75, 3.05) is 11.9 Å². The molecule has 2 rings (SSSR count). The Morgan fingerprint density at radius 1 is 1.26 bits per heavy atom. The number of nitrogens with one attached hydrogen (secondary N) is 1. The van der Waals surface area contributed by atoms with Gasteiger partial charge < -0.3 is 11.1 Å². The molecule has 0 spiro atoms. The van der Waals surface area contributed by atoms with Crippen LogP contribution in [0.5, 0.6) is 0 Å². The lowest BCUT2D eigenvalue weighted by atomic mass is 9.64. The van der Waals surface area contributed by atoms with Crippen LogP contribution in [0.2, 0.25) is 0 Å². The first-order valence-electron chi connectivity index (χ1n) is 7.40. The zero-order valence-corrected chi connectivity index (χ0v) is 12.8. The second kappa shape index (κ2) is 5.16. The van der Waals surface area contributed by atoms with Gasteiger partial charge in [0.2, 0.25) is 0 Å². The molecule has 1 aromatic rings. The Balaban J connectivity index is 2.25. The maximum atomic E-state index is 6.16. The van der Waals surface area contributed by atoms with Crippen molar-refractivity contribution < 1.29 is 0 Å². The van der Waals surface area contributed by atoms with Crippen molar-refractivity contribution in [3.8, 4) is 0 Å². The van der Waals surface area contributed by atoms with Gasteiger partial charge in [-0.15, -0.1) is 0 Å². The predicted molar refractivity (Wildman–Crippen MR) is 83.4 cm³/mol. The van der Waals surface area contributed by atoms with E-state index in [0.717, 1.165) is 12.3 Å². The van der Waals surface area contributed by atoms with E-state index in [1.54, 1.807) is 0 Å². The molecule has 0 aromatic heterocycles. The predicted octanol–water partition coefficient (Wildman–Crippen LogP) is 3.95. The number of hydrogen-bond donors (Lipinski definition) is 2. The molecular formula is C17H28N2. The van der Waals surface area contributed by atoms with Gasteiger partial charge in [0.15, 0.2) is 0 Å². The topological polar surface area (TPSA) is 38.0 Å². The molecule has 106 valence electrons. The Bertz CT molecular complexity index is 439.